The van der Waals surface area contributed by atoms with E-state index in [0.29, 0.717) is 5.65 Å². The molecule has 2 heterocycles. The number of sulfonamides is 1. The number of pyridine rings is 1. The molecule has 1 amide bonds. The summed E-state index contributed by atoms with van der Waals surface area (Å²) in [4.78, 5) is 15.0. The van der Waals surface area contributed by atoms with E-state index in [1.807, 2.05) is 0 Å². The highest BCUT2D eigenvalue weighted by molar-refractivity contribution is 7.89. The third kappa shape index (κ3) is 2.51. The number of hydrogen-bond donors (Lipinski definition) is 3. The molecule has 0 fully saturated rings. The first kappa shape index (κ1) is 13.3. The van der Waals surface area contributed by atoms with Gasteiger partial charge in [0.1, 0.15) is 5.65 Å². The Morgan fingerprint density at radius 2 is 2.21 bits per heavy atom. The summed E-state index contributed by atoms with van der Waals surface area (Å²) in [5, 5.41) is 2.14. The molecule has 0 radical (unpaired) electrons. The van der Waals surface area contributed by atoms with Crippen LogP contribution in [-0.2, 0) is 14.8 Å². The van der Waals surface area contributed by atoms with Crippen LogP contribution < -0.4 is 15.8 Å². The highest BCUT2D eigenvalue weighted by Crippen LogP contribution is 2.19. The van der Waals surface area contributed by atoms with Gasteiger partial charge in [-0.05, 0) is 12.1 Å². The normalized spacial score (nSPS) is 11.6. The molecule has 0 unspecified atom stereocenters. The van der Waals surface area contributed by atoms with Gasteiger partial charge < -0.3 is 11.1 Å². The van der Waals surface area contributed by atoms with Gasteiger partial charge in [0.15, 0.2) is 10.8 Å². The Bertz CT molecular complexity index is 722. The molecule has 0 aliphatic heterocycles. The minimum atomic E-state index is -3.91. The van der Waals surface area contributed by atoms with Gasteiger partial charge >= 0.3 is 0 Å². The number of nitrogens with two attached hydrogens (primary N) is 1. The maximum Gasteiger partial charge on any atom is 0.260 e. The number of rotatable bonds is 4. The molecule has 0 spiro atoms. The molecule has 0 saturated carbocycles. The zero-order valence-electron chi connectivity index (χ0n) is 10.1. The highest BCUT2D eigenvalue weighted by Gasteiger charge is 2.24. The van der Waals surface area contributed by atoms with Crippen LogP contribution in [0.1, 0.15) is 0 Å². The number of likely N-dealkylation sites (N-methyl/N-ethyl adjacent to an activating group) is 1. The standard InChI is InChI=1S/C10H13N5O3S/c1-12-8(16)6-13-19(17,18)10-9(11)14-7-4-2-3-5-15(7)10/h2-5,13H,6,11H2,1H3,(H,12,16). The number of hydrogen-bond acceptors (Lipinski definition) is 5. The summed E-state index contributed by atoms with van der Waals surface area (Å²) in [6.07, 6.45) is 1.53. The first-order valence-electron chi connectivity index (χ1n) is 5.38. The van der Waals surface area contributed by atoms with Gasteiger partial charge in [-0.25, -0.2) is 18.1 Å². The van der Waals surface area contributed by atoms with Gasteiger partial charge in [0.05, 0.1) is 6.54 Å². The number of anilines is 1. The van der Waals surface area contributed by atoms with Gasteiger partial charge in [-0.15, -0.1) is 0 Å². The quantitative estimate of drug-likeness (QED) is 0.661. The molecule has 0 atom stereocenters. The smallest absolute Gasteiger partial charge is 0.260 e. The number of nitrogen functional groups attached to an aromatic ring is 1. The lowest BCUT2D eigenvalue weighted by Crippen LogP contribution is -2.35. The van der Waals surface area contributed by atoms with Gasteiger partial charge in [0.25, 0.3) is 10.0 Å². The third-order valence-electron chi connectivity index (χ3n) is 2.47. The molecule has 0 aliphatic carbocycles. The van der Waals surface area contributed by atoms with Gasteiger partial charge in [-0.1, -0.05) is 6.07 Å². The molecular weight excluding hydrogens is 270 g/mol. The van der Waals surface area contributed by atoms with Crippen molar-refractivity contribution in [1.29, 1.82) is 0 Å². The zero-order valence-corrected chi connectivity index (χ0v) is 10.9. The number of carbonyl (C=O) groups excluding carboxylic acids is 1. The Kier molecular flexibility index (Phi) is 3.40. The molecule has 0 bridgehead atoms. The van der Waals surface area contributed by atoms with Crippen LogP contribution in [-0.4, -0.2) is 37.3 Å². The summed E-state index contributed by atoms with van der Waals surface area (Å²) in [6, 6.07) is 5.01. The fraction of sp³-hybridized carbons (Fsp3) is 0.200. The second-order valence-electron chi connectivity index (χ2n) is 3.73. The van der Waals surface area contributed by atoms with E-state index in [4.69, 9.17) is 5.73 Å². The van der Waals surface area contributed by atoms with Crippen LogP contribution in [0, 0.1) is 0 Å². The molecule has 0 saturated heterocycles. The number of nitrogens with one attached hydrogen (secondary N) is 2. The molecule has 0 aliphatic rings. The number of aromatic nitrogens is 2. The number of nitrogens with zero attached hydrogens (tertiary/aromatic N) is 2. The summed E-state index contributed by atoms with van der Waals surface area (Å²) in [5.41, 5.74) is 6.04. The van der Waals surface area contributed by atoms with Crippen LogP contribution in [0.25, 0.3) is 5.65 Å². The van der Waals surface area contributed by atoms with E-state index in [9.17, 15) is 13.2 Å². The fourth-order valence-electron chi connectivity index (χ4n) is 1.58. The topological polar surface area (TPSA) is 119 Å². The average Bonchev–Trinajstić information content (AvgIpc) is 2.72. The molecule has 102 valence electrons. The van der Waals surface area contributed by atoms with Crippen LogP contribution >= 0.6 is 0 Å². The zero-order chi connectivity index (χ0) is 14.0. The van der Waals surface area contributed by atoms with Crippen LogP contribution in [0.15, 0.2) is 29.4 Å². The van der Waals surface area contributed by atoms with Crippen molar-refractivity contribution in [2.24, 2.45) is 0 Å². The Morgan fingerprint density at radius 1 is 1.47 bits per heavy atom. The van der Waals surface area contributed by atoms with E-state index in [2.05, 4.69) is 15.0 Å². The van der Waals surface area contributed by atoms with Crippen molar-refractivity contribution >= 4 is 27.4 Å². The molecular formula is C10H13N5O3S. The van der Waals surface area contributed by atoms with Crippen LogP contribution in [0.5, 0.6) is 0 Å². The van der Waals surface area contributed by atoms with Crippen molar-refractivity contribution in [2.75, 3.05) is 19.3 Å². The lowest BCUT2D eigenvalue weighted by molar-refractivity contribution is -0.119. The van der Waals surface area contributed by atoms with Gasteiger partial charge in [-0.3, -0.25) is 9.20 Å². The van der Waals surface area contributed by atoms with Gasteiger partial charge in [0.2, 0.25) is 5.91 Å². The van der Waals surface area contributed by atoms with E-state index in [1.54, 1.807) is 18.2 Å². The molecule has 19 heavy (non-hydrogen) atoms. The summed E-state index contributed by atoms with van der Waals surface area (Å²) >= 11 is 0. The van der Waals surface area contributed by atoms with E-state index in [1.165, 1.54) is 17.6 Å². The van der Waals surface area contributed by atoms with Crippen molar-refractivity contribution < 1.29 is 13.2 Å². The van der Waals surface area contributed by atoms with Gasteiger partial charge in [0, 0.05) is 13.2 Å². The number of imidazole rings is 1. The average molecular weight is 283 g/mol. The fourth-order valence-corrected chi connectivity index (χ4v) is 2.77. The lowest BCUT2D eigenvalue weighted by Gasteiger charge is -2.06. The van der Waals surface area contributed by atoms with Crippen molar-refractivity contribution in [3.05, 3.63) is 24.4 Å². The van der Waals surface area contributed by atoms with E-state index >= 15 is 0 Å². The van der Waals surface area contributed by atoms with Crippen molar-refractivity contribution in [2.45, 2.75) is 5.03 Å². The maximum absolute atomic E-state index is 12.1. The molecule has 8 nitrogen and oxygen atoms in total. The SMILES string of the molecule is CNC(=O)CNS(=O)(=O)c1c(N)nc2ccccn12. The Hall–Kier alpha value is -2.13. The Labute approximate surface area is 109 Å². The Morgan fingerprint density at radius 3 is 2.89 bits per heavy atom. The van der Waals surface area contributed by atoms with Crippen molar-refractivity contribution in [1.82, 2.24) is 19.4 Å². The van der Waals surface area contributed by atoms with E-state index < -0.39 is 15.9 Å². The van der Waals surface area contributed by atoms with Crippen LogP contribution in [0.4, 0.5) is 5.82 Å². The lowest BCUT2D eigenvalue weighted by atomic mass is 10.5. The van der Waals surface area contributed by atoms with Crippen molar-refractivity contribution in [3.63, 3.8) is 0 Å². The minimum absolute atomic E-state index is 0.115. The van der Waals surface area contributed by atoms with Crippen molar-refractivity contribution in [3.8, 4) is 0 Å². The largest absolute Gasteiger partial charge is 0.381 e. The number of fused-ring (bicyclic) bond motifs is 1. The predicted molar refractivity (Wildman–Crippen MR) is 68.9 cm³/mol. The summed E-state index contributed by atoms with van der Waals surface area (Å²) in [6.45, 7) is -0.363. The molecule has 4 N–H and O–H groups in total. The van der Waals surface area contributed by atoms with Gasteiger partial charge in [-0.2, -0.15) is 0 Å². The highest BCUT2D eigenvalue weighted by atomic mass is 32.2. The number of carbonyl (C=O) groups is 1. The molecule has 2 rings (SSSR count). The molecule has 9 heteroatoms. The van der Waals surface area contributed by atoms with E-state index in [0.717, 1.165) is 0 Å². The van der Waals surface area contributed by atoms with E-state index in [-0.39, 0.29) is 17.4 Å². The third-order valence-corrected chi connectivity index (χ3v) is 3.91. The Balaban J connectivity index is 2.43. The first-order chi connectivity index (χ1) is 8.95. The monoisotopic (exact) mass is 283 g/mol. The number of amides is 1. The first-order valence-corrected chi connectivity index (χ1v) is 6.87. The summed E-state index contributed by atoms with van der Waals surface area (Å²) < 4.78 is 27.7. The molecule has 0 aromatic carbocycles. The molecule has 2 aromatic heterocycles. The second kappa shape index (κ2) is 4.86. The maximum atomic E-state index is 12.1. The summed E-state index contributed by atoms with van der Waals surface area (Å²) in [5.74, 6) is -0.563. The molecule has 2 aromatic rings. The van der Waals surface area contributed by atoms with Crippen LogP contribution in [0.3, 0.4) is 0 Å². The minimum Gasteiger partial charge on any atom is -0.381 e. The predicted octanol–water partition coefficient (Wildman–Crippen LogP) is -1.06. The second-order valence-corrected chi connectivity index (χ2v) is 5.41. The summed E-state index contributed by atoms with van der Waals surface area (Å²) in [7, 11) is -2.50. The van der Waals surface area contributed by atoms with Crippen LogP contribution in [0.2, 0.25) is 0 Å².